The summed E-state index contributed by atoms with van der Waals surface area (Å²) in [6.07, 6.45) is 0. The normalized spacial score (nSPS) is 13.5. The van der Waals surface area contributed by atoms with E-state index < -0.39 is 10.0 Å². The van der Waals surface area contributed by atoms with Crippen LogP contribution in [0.25, 0.3) is 0 Å². The van der Waals surface area contributed by atoms with Gasteiger partial charge in [0.25, 0.3) is 0 Å². The van der Waals surface area contributed by atoms with Gasteiger partial charge in [-0.05, 0) is 31.2 Å². The number of aliphatic hydroxyl groups excluding tert-OH is 1. The molecule has 1 atom stereocenters. The van der Waals surface area contributed by atoms with Gasteiger partial charge in [0.05, 0.1) is 18.3 Å². The van der Waals surface area contributed by atoms with Crippen molar-refractivity contribution in [3.63, 3.8) is 0 Å². The molecule has 0 amide bonds. The Kier molecular flexibility index (Phi) is 5.16. The first-order valence-electron chi connectivity index (χ1n) is 6.02. The van der Waals surface area contributed by atoms with Gasteiger partial charge in [-0.15, -0.1) is 0 Å². The van der Waals surface area contributed by atoms with Crippen LogP contribution in [0, 0.1) is 5.92 Å². The molecule has 7 heteroatoms. The number of nitrogen functional groups attached to an aromatic ring is 1. The zero-order valence-electron chi connectivity index (χ0n) is 11.3. The molecule has 0 aliphatic rings. The monoisotopic (exact) mass is 287 g/mol. The number of anilines is 2. The van der Waals surface area contributed by atoms with E-state index in [9.17, 15) is 13.5 Å². The van der Waals surface area contributed by atoms with E-state index in [-0.39, 0.29) is 29.1 Å². The summed E-state index contributed by atoms with van der Waals surface area (Å²) in [6.45, 7) is 3.96. The third-order valence-corrected chi connectivity index (χ3v) is 4.41. The molecular formula is C12H21N3O3S. The van der Waals surface area contributed by atoms with Crippen LogP contribution in [0.1, 0.15) is 13.8 Å². The molecule has 0 saturated heterocycles. The molecule has 6 nitrogen and oxygen atoms in total. The van der Waals surface area contributed by atoms with Crippen LogP contribution < -0.4 is 15.8 Å². The largest absolute Gasteiger partial charge is 0.398 e. The summed E-state index contributed by atoms with van der Waals surface area (Å²) in [4.78, 5) is 0.0469. The minimum absolute atomic E-state index is 0.00582. The van der Waals surface area contributed by atoms with E-state index in [1.165, 1.54) is 13.1 Å². The minimum Gasteiger partial charge on any atom is -0.398 e. The molecule has 1 aromatic carbocycles. The lowest BCUT2D eigenvalue weighted by Crippen LogP contribution is -2.29. The molecule has 0 radical (unpaired) electrons. The van der Waals surface area contributed by atoms with Crippen molar-refractivity contribution in [1.82, 2.24) is 4.72 Å². The van der Waals surface area contributed by atoms with Gasteiger partial charge in [-0.3, -0.25) is 0 Å². The fourth-order valence-corrected chi connectivity index (χ4v) is 2.47. The van der Waals surface area contributed by atoms with Crippen LogP contribution in [0.3, 0.4) is 0 Å². The molecule has 5 N–H and O–H groups in total. The fraction of sp³-hybridized carbons (Fsp3) is 0.500. The van der Waals surface area contributed by atoms with Gasteiger partial charge in [0.15, 0.2) is 0 Å². The number of nitrogens with two attached hydrogens (primary N) is 1. The lowest BCUT2D eigenvalue weighted by molar-refractivity contribution is 0.249. The Labute approximate surface area is 114 Å². The average molecular weight is 287 g/mol. The molecule has 0 aliphatic heterocycles. The summed E-state index contributed by atoms with van der Waals surface area (Å²) in [5, 5.41) is 12.4. The third kappa shape index (κ3) is 3.82. The first-order valence-corrected chi connectivity index (χ1v) is 7.50. The zero-order chi connectivity index (χ0) is 14.6. The highest BCUT2D eigenvalue weighted by Gasteiger charge is 2.17. The maximum Gasteiger partial charge on any atom is 0.242 e. The van der Waals surface area contributed by atoms with Gasteiger partial charge in [0.2, 0.25) is 10.0 Å². The molecule has 1 aromatic rings. The lowest BCUT2D eigenvalue weighted by Gasteiger charge is -2.21. The summed E-state index contributed by atoms with van der Waals surface area (Å²) in [5.41, 5.74) is 6.60. The third-order valence-electron chi connectivity index (χ3n) is 2.92. The predicted octanol–water partition coefficient (Wildman–Crippen LogP) is 0.606. The van der Waals surface area contributed by atoms with E-state index in [1.807, 2.05) is 13.8 Å². The number of sulfonamides is 1. The van der Waals surface area contributed by atoms with Gasteiger partial charge in [0.1, 0.15) is 4.90 Å². The number of aliphatic hydroxyl groups is 1. The molecule has 0 spiro atoms. The van der Waals surface area contributed by atoms with Crippen LogP contribution in [0.2, 0.25) is 0 Å². The fourth-order valence-electron chi connectivity index (χ4n) is 1.63. The van der Waals surface area contributed by atoms with Crippen LogP contribution in [0.4, 0.5) is 11.4 Å². The van der Waals surface area contributed by atoms with Crippen molar-refractivity contribution in [2.24, 2.45) is 5.92 Å². The second kappa shape index (κ2) is 6.23. The number of nitrogens with one attached hydrogen (secondary N) is 2. The van der Waals surface area contributed by atoms with Crippen LogP contribution in [0.5, 0.6) is 0 Å². The second-order valence-corrected chi connectivity index (χ2v) is 6.49. The highest BCUT2D eigenvalue weighted by Crippen LogP contribution is 2.23. The van der Waals surface area contributed by atoms with E-state index in [4.69, 9.17) is 5.73 Å². The standard InChI is InChI=1S/C12H21N3O3S/c1-8(2)11(7-16)15-9-4-5-12(10(13)6-9)19(17,18)14-3/h4-6,8,11,14-16H,7,13H2,1-3H3. The Bertz CT molecular complexity index is 529. The summed E-state index contributed by atoms with van der Waals surface area (Å²) in [6, 6.07) is 4.52. The van der Waals surface area contributed by atoms with Crippen molar-refractivity contribution >= 4 is 21.4 Å². The van der Waals surface area contributed by atoms with Crippen LogP contribution in [0.15, 0.2) is 23.1 Å². The highest BCUT2D eigenvalue weighted by atomic mass is 32.2. The SMILES string of the molecule is CNS(=O)(=O)c1ccc(NC(CO)C(C)C)cc1N. The molecule has 0 heterocycles. The summed E-state index contributed by atoms with van der Waals surface area (Å²) < 4.78 is 25.6. The van der Waals surface area contributed by atoms with Crippen LogP contribution >= 0.6 is 0 Å². The number of hydrogen-bond donors (Lipinski definition) is 4. The lowest BCUT2D eigenvalue weighted by atomic mass is 10.1. The summed E-state index contributed by atoms with van der Waals surface area (Å²) in [7, 11) is -2.21. The summed E-state index contributed by atoms with van der Waals surface area (Å²) in [5.74, 6) is 0.243. The van der Waals surface area contributed by atoms with Crippen LogP contribution in [-0.4, -0.2) is 33.2 Å². The molecule has 0 aromatic heterocycles. The topological polar surface area (TPSA) is 104 Å². The Morgan fingerprint density at radius 1 is 1.37 bits per heavy atom. The molecular weight excluding hydrogens is 266 g/mol. The van der Waals surface area contributed by atoms with Gasteiger partial charge in [-0.2, -0.15) is 0 Å². The molecule has 1 unspecified atom stereocenters. The minimum atomic E-state index is -3.55. The average Bonchev–Trinajstić information content (AvgIpc) is 2.35. The Morgan fingerprint density at radius 2 is 2.00 bits per heavy atom. The van der Waals surface area contributed by atoms with Crippen molar-refractivity contribution < 1.29 is 13.5 Å². The number of benzene rings is 1. The van der Waals surface area contributed by atoms with Gasteiger partial charge in [-0.25, -0.2) is 13.1 Å². The van der Waals surface area contributed by atoms with Crippen molar-refractivity contribution in [2.45, 2.75) is 24.8 Å². The molecule has 0 saturated carbocycles. The van der Waals surface area contributed by atoms with E-state index in [0.717, 1.165) is 0 Å². The van der Waals surface area contributed by atoms with Gasteiger partial charge in [-0.1, -0.05) is 13.8 Å². The maximum atomic E-state index is 11.7. The molecule has 1 rings (SSSR count). The van der Waals surface area contributed by atoms with Gasteiger partial charge >= 0.3 is 0 Å². The Balaban J connectivity index is 3.01. The molecule has 108 valence electrons. The highest BCUT2D eigenvalue weighted by molar-refractivity contribution is 7.89. The molecule has 0 bridgehead atoms. The molecule has 0 aliphatic carbocycles. The van der Waals surface area contributed by atoms with Crippen molar-refractivity contribution in [1.29, 1.82) is 0 Å². The van der Waals surface area contributed by atoms with Gasteiger partial charge in [0, 0.05) is 5.69 Å². The van der Waals surface area contributed by atoms with Crippen molar-refractivity contribution in [2.75, 3.05) is 24.7 Å². The van der Waals surface area contributed by atoms with Gasteiger partial charge < -0.3 is 16.2 Å². The van der Waals surface area contributed by atoms with E-state index in [1.54, 1.807) is 12.1 Å². The number of rotatable bonds is 6. The maximum absolute atomic E-state index is 11.7. The zero-order valence-corrected chi connectivity index (χ0v) is 12.2. The van der Waals surface area contributed by atoms with Crippen molar-refractivity contribution in [3.05, 3.63) is 18.2 Å². The van der Waals surface area contributed by atoms with E-state index in [2.05, 4.69) is 10.0 Å². The predicted molar refractivity (Wildman–Crippen MR) is 76.4 cm³/mol. The van der Waals surface area contributed by atoms with E-state index in [0.29, 0.717) is 5.69 Å². The molecule has 0 fully saturated rings. The first kappa shape index (κ1) is 15.7. The van der Waals surface area contributed by atoms with Crippen molar-refractivity contribution in [3.8, 4) is 0 Å². The van der Waals surface area contributed by atoms with E-state index >= 15 is 0 Å². The second-order valence-electron chi connectivity index (χ2n) is 4.64. The first-order chi connectivity index (χ1) is 8.81. The van der Waals surface area contributed by atoms with Crippen LogP contribution in [-0.2, 0) is 10.0 Å². The summed E-state index contributed by atoms with van der Waals surface area (Å²) >= 11 is 0. The quantitative estimate of drug-likeness (QED) is 0.574. The Hall–Kier alpha value is -1.31. The smallest absolute Gasteiger partial charge is 0.242 e. The number of hydrogen-bond acceptors (Lipinski definition) is 5. The Morgan fingerprint density at radius 3 is 2.42 bits per heavy atom. The molecule has 19 heavy (non-hydrogen) atoms.